The molecule has 0 aliphatic carbocycles. The summed E-state index contributed by atoms with van der Waals surface area (Å²) in [6.45, 7) is 7.71. The van der Waals surface area contributed by atoms with E-state index < -0.39 is 0 Å². The van der Waals surface area contributed by atoms with Crippen molar-refractivity contribution in [1.82, 2.24) is 24.8 Å². The molecule has 0 saturated heterocycles. The number of hydrogen-bond acceptors (Lipinski definition) is 6. The van der Waals surface area contributed by atoms with Crippen LogP contribution in [-0.2, 0) is 30.9 Å². The summed E-state index contributed by atoms with van der Waals surface area (Å²) in [6.07, 6.45) is 0. The third kappa shape index (κ3) is 4.48. The van der Waals surface area contributed by atoms with Gasteiger partial charge in [0.15, 0.2) is 0 Å². The van der Waals surface area contributed by atoms with Crippen LogP contribution >= 0.6 is 0 Å². The van der Waals surface area contributed by atoms with Gasteiger partial charge in [0.1, 0.15) is 0 Å². The highest BCUT2D eigenvalue weighted by Gasteiger charge is 2.14. The molecule has 4 aromatic rings. The molecule has 0 fully saturated rings. The lowest BCUT2D eigenvalue weighted by Crippen LogP contribution is -2.28. The van der Waals surface area contributed by atoms with Gasteiger partial charge in [0.05, 0.1) is 40.4 Å². The number of pyridine rings is 3. The molecule has 1 aliphatic heterocycles. The third-order valence-corrected chi connectivity index (χ3v) is 6.10. The highest BCUT2D eigenvalue weighted by molar-refractivity contribution is 6.02. The molecule has 1 aromatic carbocycles. The van der Waals surface area contributed by atoms with Crippen molar-refractivity contribution in [2.45, 2.75) is 33.1 Å². The first-order valence-electron chi connectivity index (χ1n) is 11.3. The fraction of sp³-hybridized carbons (Fsp3) is 0.346. The summed E-state index contributed by atoms with van der Waals surface area (Å²) in [5.74, 6) is 0. The van der Waals surface area contributed by atoms with Crippen LogP contribution in [0.2, 0.25) is 0 Å². The molecule has 32 heavy (non-hydrogen) atoms. The van der Waals surface area contributed by atoms with Crippen LogP contribution in [0.3, 0.4) is 0 Å². The Kier molecular flexibility index (Phi) is 6.08. The molecule has 164 valence electrons. The largest absolute Gasteiger partial charge is 0.383 e. The molecule has 6 bridgehead atoms. The number of methoxy groups -OCH3 is 1. The first-order chi connectivity index (χ1) is 15.7. The maximum atomic E-state index is 5.37. The van der Waals surface area contributed by atoms with Crippen molar-refractivity contribution in [2.75, 3.05) is 26.8 Å². The number of aromatic nitrogens is 3. The Bertz CT molecular complexity index is 1240. The smallest absolute Gasteiger partial charge is 0.0968 e. The summed E-state index contributed by atoms with van der Waals surface area (Å²) in [5, 5.41) is 2.25. The van der Waals surface area contributed by atoms with Crippen molar-refractivity contribution in [3.05, 3.63) is 77.4 Å². The van der Waals surface area contributed by atoms with E-state index in [2.05, 4.69) is 71.3 Å². The van der Waals surface area contributed by atoms with Crippen LogP contribution in [0.5, 0.6) is 0 Å². The normalized spacial score (nSPS) is 15.6. The Morgan fingerprint density at radius 2 is 1.19 bits per heavy atom. The number of hydrogen-bond donors (Lipinski definition) is 0. The average Bonchev–Trinajstić information content (AvgIpc) is 2.82. The first-order valence-corrected chi connectivity index (χ1v) is 11.3. The summed E-state index contributed by atoms with van der Waals surface area (Å²) < 4.78 is 5.37. The van der Waals surface area contributed by atoms with Gasteiger partial charge in [0.25, 0.3) is 0 Å². The minimum absolute atomic E-state index is 0.671. The highest BCUT2D eigenvalue weighted by atomic mass is 16.5. The zero-order chi connectivity index (χ0) is 21.9. The summed E-state index contributed by atoms with van der Waals surface area (Å²) in [6, 6.07) is 19.2. The average molecular weight is 428 g/mol. The van der Waals surface area contributed by atoms with Crippen LogP contribution in [0.4, 0.5) is 0 Å². The zero-order valence-corrected chi connectivity index (χ0v) is 18.8. The Balaban J connectivity index is 1.64. The Labute approximate surface area is 188 Å². The SMILES string of the molecule is CCN1Cc2cccc(n2)CN(CCOC)Cc2ccc3ccc4ccc(nc4c3n2)C1. The van der Waals surface area contributed by atoms with E-state index in [1.165, 1.54) is 0 Å². The number of nitrogens with zero attached hydrogens (tertiary/aromatic N) is 5. The maximum absolute atomic E-state index is 5.37. The number of ether oxygens (including phenoxy) is 1. The molecule has 0 radical (unpaired) electrons. The van der Waals surface area contributed by atoms with E-state index in [0.29, 0.717) is 6.61 Å². The van der Waals surface area contributed by atoms with E-state index in [4.69, 9.17) is 19.7 Å². The lowest BCUT2D eigenvalue weighted by molar-refractivity contribution is 0.138. The van der Waals surface area contributed by atoms with Gasteiger partial charge >= 0.3 is 0 Å². The molecule has 0 saturated carbocycles. The van der Waals surface area contributed by atoms with E-state index in [1.807, 2.05) is 0 Å². The molecule has 4 heterocycles. The number of benzene rings is 1. The molecule has 0 amide bonds. The van der Waals surface area contributed by atoms with Crippen LogP contribution in [0.1, 0.15) is 29.7 Å². The van der Waals surface area contributed by atoms with Crippen molar-refractivity contribution in [3.8, 4) is 0 Å². The first kappa shape index (κ1) is 20.9. The standard InChI is InChI=1S/C26H29N5O/c1-3-30-15-21-5-4-6-22(27-21)17-31(13-14-32-2)18-24-12-10-20-8-7-19-9-11-23(16-30)28-25(19)26(20)29-24/h4-12H,3,13-18H2,1-2H3. The van der Waals surface area contributed by atoms with E-state index in [1.54, 1.807) is 7.11 Å². The molecule has 0 atom stereocenters. The van der Waals surface area contributed by atoms with Gasteiger partial charge in [0.2, 0.25) is 0 Å². The molecule has 0 N–H and O–H groups in total. The molecular weight excluding hydrogens is 398 g/mol. The van der Waals surface area contributed by atoms with Crippen molar-refractivity contribution in [3.63, 3.8) is 0 Å². The monoisotopic (exact) mass is 427 g/mol. The lowest BCUT2D eigenvalue weighted by Gasteiger charge is -2.22. The molecule has 0 unspecified atom stereocenters. The second-order valence-corrected chi connectivity index (χ2v) is 8.44. The molecule has 3 aromatic heterocycles. The van der Waals surface area contributed by atoms with Gasteiger partial charge in [-0.05, 0) is 30.8 Å². The molecular formula is C26H29N5O. The highest BCUT2D eigenvalue weighted by Crippen LogP contribution is 2.24. The van der Waals surface area contributed by atoms with Gasteiger partial charge < -0.3 is 4.74 Å². The van der Waals surface area contributed by atoms with E-state index in [-0.39, 0.29) is 0 Å². The van der Waals surface area contributed by atoms with Crippen LogP contribution in [0.25, 0.3) is 21.8 Å². The molecule has 6 heteroatoms. The van der Waals surface area contributed by atoms with Gasteiger partial charge in [-0.25, -0.2) is 9.97 Å². The van der Waals surface area contributed by atoms with Crippen molar-refractivity contribution < 1.29 is 4.74 Å². The predicted octanol–water partition coefficient (Wildman–Crippen LogP) is 4.16. The Hall–Kier alpha value is -2.93. The lowest BCUT2D eigenvalue weighted by atomic mass is 10.1. The topological polar surface area (TPSA) is 54.4 Å². The Morgan fingerprint density at radius 1 is 0.688 bits per heavy atom. The van der Waals surface area contributed by atoms with Crippen LogP contribution in [0, 0.1) is 0 Å². The minimum atomic E-state index is 0.671. The van der Waals surface area contributed by atoms with Gasteiger partial charge in [-0.1, -0.05) is 37.3 Å². The third-order valence-electron chi connectivity index (χ3n) is 6.10. The molecule has 6 nitrogen and oxygen atoms in total. The fourth-order valence-electron chi connectivity index (χ4n) is 4.36. The summed E-state index contributed by atoms with van der Waals surface area (Å²) in [5.41, 5.74) is 6.22. The van der Waals surface area contributed by atoms with Crippen molar-refractivity contribution in [2.24, 2.45) is 0 Å². The van der Waals surface area contributed by atoms with Crippen molar-refractivity contribution in [1.29, 1.82) is 0 Å². The van der Waals surface area contributed by atoms with Crippen LogP contribution < -0.4 is 0 Å². The number of rotatable bonds is 4. The van der Waals surface area contributed by atoms with Gasteiger partial charge in [-0.15, -0.1) is 0 Å². The maximum Gasteiger partial charge on any atom is 0.0968 e. The molecule has 0 spiro atoms. The van der Waals surface area contributed by atoms with Crippen LogP contribution in [-0.4, -0.2) is 51.6 Å². The van der Waals surface area contributed by atoms with E-state index >= 15 is 0 Å². The van der Waals surface area contributed by atoms with Crippen LogP contribution in [0.15, 0.2) is 54.6 Å². The second kappa shape index (κ2) is 9.28. The molecule has 5 rings (SSSR count). The fourth-order valence-corrected chi connectivity index (χ4v) is 4.36. The predicted molar refractivity (Wildman–Crippen MR) is 127 cm³/mol. The van der Waals surface area contributed by atoms with E-state index in [0.717, 1.165) is 83.9 Å². The minimum Gasteiger partial charge on any atom is -0.383 e. The molecule has 1 aliphatic rings. The zero-order valence-electron chi connectivity index (χ0n) is 18.8. The van der Waals surface area contributed by atoms with Gasteiger partial charge in [-0.2, -0.15) is 0 Å². The van der Waals surface area contributed by atoms with Gasteiger partial charge in [0, 0.05) is 50.6 Å². The van der Waals surface area contributed by atoms with E-state index in [9.17, 15) is 0 Å². The van der Waals surface area contributed by atoms with Gasteiger partial charge in [-0.3, -0.25) is 14.8 Å². The summed E-state index contributed by atoms with van der Waals surface area (Å²) >= 11 is 0. The summed E-state index contributed by atoms with van der Waals surface area (Å²) in [7, 11) is 1.75. The number of fused-ring (bicyclic) bond motifs is 4. The van der Waals surface area contributed by atoms with Crippen molar-refractivity contribution >= 4 is 21.8 Å². The Morgan fingerprint density at radius 3 is 1.72 bits per heavy atom. The quantitative estimate of drug-likeness (QED) is 0.456. The second-order valence-electron chi connectivity index (χ2n) is 8.44. The summed E-state index contributed by atoms with van der Waals surface area (Å²) in [4.78, 5) is 19.8.